The van der Waals surface area contributed by atoms with Crippen LogP contribution in [0.1, 0.15) is 0 Å². The van der Waals surface area contributed by atoms with Crippen molar-refractivity contribution in [2.24, 2.45) is 0 Å². The highest BCUT2D eigenvalue weighted by molar-refractivity contribution is 9.11. The van der Waals surface area contributed by atoms with Crippen molar-refractivity contribution in [2.45, 2.75) is 0 Å². The van der Waals surface area contributed by atoms with Gasteiger partial charge >= 0.3 is 0 Å². The molecule has 1 rings (SSSR count). The quantitative estimate of drug-likeness (QED) is 0.546. The molecule has 0 amide bonds. The Bertz CT molecular complexity index is 167. The van der Waals surface area contributed by atoms with E-state index in [1.54, 1.807) is 12.3 Å². The van der Waals surface area contributed by atoms with Crippen LogP contribution in [0.3, 0.4) is 0 Å². The number of ether oxygens (including phenoxy) is 1. The lowest BCUT2D eigenvalue weighted by molar-refractivity contribution is 0.366. The lowest BCUT2D eigenvalue weighted by atomic mass is 10.4. The molecule has 0 saturated heterocycles. The fraction of sp³-hybridized carbons (Fsp3) is 0. The van der Waals surface area contributed by atoms with E-state index in [0.29, 0.717) is 5.76 Å². The molecule has 0 atom stereocenters. The molecule has 1 aliphatic heterocycles. The van der Waals surface area contributed by atoms with E-state index in [9.17, 15) is 0 Å². The zero-order chi connectivity index (χ0) is 5.98. The summed E-state index contributed by atoms with van der Waals surface area (Å²) in [6.45, 7) is 3.58. The second-order valence-corrected chi connectivity index (χ2v) is 2.33. The van der Waals surface area contributed by atoms with Gasteiger partial charge in [-0.1, -0.05) is 22.5 Å². The van der Waals surface area contributed by atoms with Gasteiger partial charge in [0, 0.05) is 4.48 Å². The second-order valence-electron chi connectivity index (χ2n) is 1.42. The number of allylic oxidation sites excluding steroid dienone is 3. The first-order chi connectivity index (χ1) is 3.79. The van der Waals surface area contributed by atoms with E-state index in [1.165, 1.54) is 0 Å². The summed E-state index contributed by atoms with van der Waals surface area (Å²) in [7, 11) is 0. The van der Waals surface area contributed by atoms with Crippen molar-refractivity contribution in [3.63, 3.8) is 0 Å². The van der Waals surface area contributed by atoms with Crippen LogP contribution >= 0.6 is 15.9 Å². The molecule has 0 aliphatic carbocycles. The summed E-state index contributed by atoms with van der Waals surface area (Å²) in [5.74, 6) is 0.666. The van der Waals surface area contributed by atoms with Crippen molar-refractivity contribution in [1.82, 2.24) is 0 Å². The Labute approximate surface area is 56.5 Å². The highest BCUT2D eigenvalue weighted by Crippen LogP contribution is 2.15. The van der Waals surface area contributed by atoms with Crippen LogP contribution in [0.5, 0.6) is 0 Å². The third-order valence-electron chi connectivity index (χ3n) is 0.746. The van der Waals surface area contributed by atoms with E-state index in [1.807, 2.05) is 6.08 Å². The van der Waals surface area contributed by atoms with Crippen LogP contribution in [0.15, 0.2) is 35.2 Å². The third kappa shape index (κ3) is 1.23. The number of hydrogen-bond donors (Lipinski definition) is 0. The predicted molar refractivity (Wildman–Crippen MR) is 36.4 cm³/mol. The first-order valence-corrected chi connectivity index (χ1v) is 2.97. The molecule has 8 heavy (non-hydrogen) atoms. The normalized spacial score (nSPS) is 17.6. The standard InChI is InChI=1S/C6H5BrO/c1-5-4-6(7)2-3-8-5/h2-4H,1H2. The lowest BCUT2D eigenvalue weighted by Gasteiger charge is -2.02. The average molecular weight is 173 g/mol. The van der Waals surface area contributed by atoms with Crippen molar-refractivity contribution >= 4 is 15.9 Å². The zero-order valence-corrected chi connectivity index (χ0v) is 5.81. The Balaban J connectivity index is 2.77. The maximum absolute atomic E-state index is 4.87. The number of hydrogen-bond acceptors (Lipinski definition) is 1. The maximum Gasteiger partial charge on any atom is 0.120 e. The molecule has 0 aromatic rings. The minimum absolute atomic E-state index is 0.666. The van der Waals surface area contributed by atoms with Gasteiger partial charge < -0.3 is 4.74 Å². The van der Waals surface area contributed by atoms with Gasteiger partial charge in [0.25, 0.3) is 0 Å². The van der Waals surface area contributed by atoms with Crippen LogP contribution in [-0.2, 0) is 4.74 Å². The van der Waals surface area contributed by atoms with Gasteiger partial charge in [-0.05, 0) is 12.2 Å². The van der Waals surface area contributed by atoms with Crippen LogP contribution in [0.25, 0.3) is 0 Å². The molecule has 0 unspecified atom stereocenters. The molecular formula is C6H5BrO. The summed E-state index contributed by atoms with van der Waals surface area (Å²) >= 11 is 3.26. The molecule has 1 nitrogen and oxygen atoms in total. The monoisotopic (exact) mass is 172 g/mol. The van der Waals surface area contributed by atoms with Gasteiger partial charge in [0.05, 0.1) is 6.26 Å². The summed E-state index contributed by atoms with van der Waals surface area (Å²) in [6.07, 6.45) is 5.21. The fourth-order valence-electron chi connectivity index (χ4n) is 0.422. The average Bonchev–Trinajstić information content (AvgIpc) is 1.64. The Hall–Kier alpha value is -0.500. The molecule has 0 bridgehead atoms. The Morgan fingerprint density at radius 2 is 2.38 bits per heavy atom. The molecule has 0 N–H and O–H groups in total. The third-order valence-corrected chi connectivity index (χ3v) is 1.24. The van der Waals surface area contributed by atoms with Gasteiger partial charge in [-0.3, -0.25) is 0 Å². The minimum atomic E-state index is 0.666. The minimum Gasteiger partial charge on any atom is -0.466 e. The SMILES string of the molecule is C=C1C=C(Br)C=CO1. The van der Waals surface area contributed by atoms with Gasteiger partial charge in [-0.25, -0.2) is 0 Å². The van der Waals surface area contributed by atoms with Crippen molar-refractivity contribution in [2.75, 3.05) is 0 Å². The highest BCUT2D eigenvalue weighted by Gasteiger charge is 1.94. The van der Waals surface area contributed by atoms with Gasteiger partial charge in [-0.2, -0.15) is 0 Å². The summed E-state index contributed by atoms with van der Waals surface area (Å²) in [5.41, 5.74) is 0. The number of halogens is 1. The molecule has 0 fully saturated rings. The van der Waals surface area contributed by atoms with Crippen molar-refractivity contribution in [3.05, 3.63) is 35.2 Å². The van der Waals surface area contributed by atoms with Crippen molar-refractivity contribution < 1.29 is 4.74 Å². The molecule has 0 aromatic carbocycles. The summed E-state index contributed by atoms with van der Waals surface area (Å²) in [4.78, 5) is 0. The van der Waals surface area contributed by atoms with Crippen LogP contribution in [0.4, 0.5) is 0 Å². The Kier molecular flexibility index (Phi) is 1.53. The molecule has 0 saturated carbocycles. The zero-order valence-electron chi connectivity index (χ0n) is 4.23. The lowest BCUT2D eigenvalue weighted by Crippen LogP contribution is -1.83. The molecule has 0 aromatic heterocycles. The van der Waals surface area contributed by atoms with Crippen LogP contribution in [0.2, 0.25) is 0 Å². The fourth-order valence-corrected chi connectivity index (χ4v) is 0.786. The van der Waals surface area contributed by atoms with Crippen LogP contribution < -0.4 is 0 Å². The van der Waals surface area contributed by atoms with Crippen molar-refractivity contribution in [1.29, 1.82) is 0 Å². The van der Waals surface area contributed by atoms with Crippen LogP contribution in [-0.4, -0.2) is 0 Å². The molecule has 2 heteroatoms. The van der Waals surface area contributed by atoms with E-state index >= 15 is 0 Å². The van der Waals surface area contributed by atoms with E-state index < -0.39 is 0 Å². The molecule has 0 radical (unpaired) electrons. The molecule has 0 spiro atoms. The maximum atomic E-state index is 4.87. The first-order valence-electron chi connectivity index (χ1n) is 2.18. The molecular weight excluding hydrogens is 168 g/mol. The van der Waals surface area contributed by atoms with Gasteiger partial charge in [0.2, 0.25) is 0 Å². The van der Waals surface area contributed by atoms with Crippen molar-refractivity contribution in [3.8, 4) is 0 Å². The van der Waals surface area contributed by atoms with Gasteiger partial charge in [0.15, 0.2) is 0 Å². The van der Waals surface area contributed by atoms with Gasteiger partial charge in [0.1, 0.15) is 5.76 Å². The molecule has 1 heterocycles. The molecule has 1 aliphatic rings. The Morgan fingerprint density at radius 3 is 2.75 bits per heavy atom. The Morgan fingerprint density at radius 1 is 1.62 bits per heavy atom. The topological polar surface area (TPSA) is 9.23 Å². The summed E-state index contributed by atoms with van der Waals surface area (Å²) < 4.78 is 5.86. The van der Waals surface area contributed by atoms with E-state index in [4.69, 9.17) is 4.74 Å². The summed E-state index contributed by atoms with van der Waals surface area (Å²) in [5, 5.41) is 0. The van der Waals surface area contributed by atoms with E-state index in [2.05, 4.69) is 22.5 Å². The predicted octanol–water partition coefficient (Wildman–Crippen LogP) is 2.32. The first kappa shape index (κ1) is 5.63. The molecule has 42 valence electrons. The van der Waals surface area contributed by atoms with Crippen LogP contribution in [0, 0.1) is 0 Å². The highest BCUT2D eigenvalue weighted by atomic mass is 79.9. The van der Waals surface area contributed by atoms with E-state index in [-0.39, 0.29) is 0 Å². The number of rotatable bonds is 0. The smallest absolute Gasteiger partial charge is 0.120 e. The van der Waals surface area contributed by atoms with E-state index in [0.717, 1.165) is 4.48 Å². The largest absolute Gasteiger partial charge is 0.466 e. The summed E-state index contributed by atoms with van der Waals surface area (Å²) in [6, 6.07) is 0. The van der Waals surface area contributed by atoms with Gasteiger partial charge in [-0.15, -0.1) is 0 Å². The second kappa shape index (κ2) is 2.18.